The average Bonchev–Trinajstić information content (AvgIpc) is 3.15. The number of carbonyl (C=O) groups is 1. The highest BCUT2D eigenvalue weighted by atomic mass is 16.5. The Hall–Kier alpha value is -2.28. The van der Waals surface area contributed by atoms with E-state index in [0.29, 0.717) is 24.6 Å². The van der Waals surface area contributed by atoms with Crippen LogP contribution in [0.15, 0.2) is 29.0 Å². The molecule has 0 aromatic carbocycles. The summed E-state index contributed by atoms with van der Waals surface area (Å²) in [6, 6.07) is 3.65. The Bertz CT molecular complexity index is 680. The van der Waals surface area contributed by atoms with Crippen LogP contribution in [0, 0.1) is 5.92 Å². The molecular weight excluding hydrogens is 330 g/mol. The molecule has 0 spiro atoms. The Balaban J connectivity index is 1.31. The fraction of sp³-hybridized carbons (Fsp3) is 0.579. The fourth-order valence-corrected chi connectivity index (χ4v) is 3.10. The third-order valence-electron chi connectivity index (χ3n) is 4.82. The molecule has 140 valence electrons. The van der Waals surface area contributed by atoms with Crippen LogP contribution in [0.5, 0.6) is 0 Å². The second-order valence-corrected chi connectivity index (χ2v) is 6.98. The Morgan fingerprint density at radius 3 is 2.85 bits per heavy atom. The fourth-order valence-electron chi connectivity index (χ4n) is 3.10. The van der Waals surface area contributed by atoms with E-state index in [0.717, 1.165) is 31.0 Å². The highest BCUT2D eigenvalue weighted by molar-refractivity contribution is 5.75. The molecule has 1 N–H and O–H groups in total. The number of carbonyl (C=O) groups excluding carboxylic acids is 1. The minimum Gasteiger partial charge on any atom is -0.356 e. The topological polar surface area (TPSA) is 84.2 Å². The van der Waals surface area contributed by atoms with Crippen LogP contribution >= 0.6 is 0 Å². The molecule has 1 fully saturated rings. The Morgan fingerprint density at radius 2 is 2.08 bits per heavy atom. The van der Waals surface area contributed by atoms with Gasteiger partial charge in [0.05, 0.1) is 0 Å². The van der Waals surface area contributed by atoms with E-state index in [-0.39, 0.29) is 5.91 Å². The molecule has 0 radical (unpaired) electrons. The SMILES string of the molecule is CC1CCN(CCCNC(=O)CCc2nc(-c3ccncc3)no2)CC1. The van der Waals surface area contributed by atoms with Crippen molar-refractivity contribution >= 4 is 5.91 Å². The van der Waals surface area contributed by atoms with Gasteiger partial charge in [-0.1, -0.05) is 12.1 Å². The van der Waals surface area contributed by atoms with Gasteiger partial charge in [-0.25, -0.2) is 0 Å². The number of rotatable bonds is 8. The summed E-state index contributed by atoms with van der Waals surface area (Å²) in [5.41, 5.74) is 0.853. The Morgan fingerprint density at radius 1 is 1.31 bits per heavy atom. The van der Waals surface area contributed by atoms with Crippen molar-refractivity contribution < 1.29 is 9.32 Å². The first-order valence-corrected chi connectivity index (χ1v) is 9.43. The largest absolute Gasteiger partial charge is 0.356 e. The molecule has 0 atom stereocenters. The van der Waals surface area contributed by atoms with E-state index in [2.05, 4.69) is 32.3 Å². The zero-order valence-electron chi connectivity index (χ0n) is 15.4. The van der Waals surface area contributed by atoms with Crippen molar-refractivity contribution in [2.75, 3.05) is 26.2 Å². The Kier molecular flexibility index (Phi) is 6.71. The number of nitrogens with one attached hydrogen (secondary N) is 1. The molecule has 2 aromatic heterocycles. The second kappa shape index (κ2) is 9.43. The molecule has 1 saturated heterocycles. The lowest BCUT2D eigenvalue weighted by Crippen LogP contribution is -2.35. The maximum absolute atomic E-state index is 12.0. The van der Waals surface area contributed by atoms with Gasteiger partial charge in [0.1, 0.15) is 0 Å². The molecular formula is C19H27N5O2. The van der Waals surface area contributed by atoms with E-state index in [4.69, 9.17) is 4.52 Å². The van der Waals surface area contributed by atoms with Crippen LogP contribution in [0.25, 0.3) is 11.4 Å². The Labute approximate surface area is 154 Å². The van der Waals surface area contributed by atoms with E-state index in [1.54, 1.807) is 12.4 Å². The molecule has 7 nitrogen and oxygen atoms in total. The van der Waals surface area contributed by atoms with E-state index in [1.807, 2.05) is 12.1 Å². The van der Waals surface area contributed by atoms with Gasteiger partial charge in [0, 0.05) is 37.3 Å². The maximum Gasteiger partial charge on any atom is 0.227 e. The number of piperidine rings is 1. The lowest BCUT2D eigenvalue weighted by Gasteiger charge is -2.30. The number of nitrogens with zero attached hydrogens (tertiary/aromatic N) is 4. The minimum absolute atomic E-state index is 0.0286. The third-order valence-corrected chi connectivity index (χ3v) is 4.82. The summed E-state index contributed by atoms with van der Waals surface area (Å²) in [4.78, 5) is 22.7. The molecule has 3 heterocycles. The van der Waals surface area contributed by atoms with E-state index >= 15 is 0 Å². The van der Waals surface area contributed by atoms with E-state index in [1.165, 1.54) is 25.9 Å². The zero-order chi connectivity index (χ0) is 18.2. The van der Waals surface area contributed by atoms with Crippen molar-refractivity contribution in [3.63, 3.8) is 0 Å². The smallest absolute Gasteiger partial charge is 0.227 e. The number of hydrogen-bond donors (Lipinski definition) is 1. The summed E-state index contributed by atoms with van der Waals surface area (Å²) < 4.78 is 5.21. The molecule has 1 aliphatic heterocycles. The number of amides is 1. The maximum atomic E-state index is 12.0. The van der Waals surface area contributed by atoms with Crippen LogP contribution in [0.3, 0.4) is 0 Å². The van der Waals surface area contributed by atoms with Crippen LogP contribution in [0.4, 0.5) is 0 Å². The summed E-state index contributed by atoms with van der Waals surface area (Å²) in [6.07, 6.45) is 7.75. The number of aryl methyl sites for hydroxylation is 1. The van der Waals surface area contributed by atoms with Crippen molar-refractivity contribution in [3.8, 4) is 11.4 Å². The summed E-state index contributed by atoms with van der Waals surface area (Å²) in [7, 11) is 0. The molecule has 1 amide bonds. The molecule has 7 heteroatoms. The van der Waals surface area contributed by atoms with Crippen LogP contribution < -0.4 is 5.32 Å². The lowest BCUT2D eigenvalue weighted by molar-refractivity contribution is -0.121. The number of aromatic nitrogens is 3. The molecule has 1 aliphatic rings. The van der Waals surface area contributed by atoms with Gasteiger partial charge >= 0.3 is 0 Å². The van der Waals surface area contributed by atoms with E-state index in [9.17, 15) is 4.79 Å². The first kappa shape index (κ1) is 18.5. The number of hydrogen-bond acceptors (Lipinski definition) is 6. The van der Waals surface area contributed by atoms with Crippen LogP contribution in [-0.4, -0.2) is 52.1 Å². The van der Waals surface area contributed by atoms with Crippen molar-refractivity contribution in [1.29, 1.82) is 0 Å². The lowest BCUT2D eigenvalue weighted by atomic mass is 9.99. The second-order valence-electron chi connectivity index (χ2n) is 6.98. The number of pyridine rings is 1. The van der Waals surface area contributed by atoms with Gasteiger partial charge in [0.25, 0.3) is 0 Å². The van der Waals surface area contributed by atoms with Crippen molar-refractivity contribution in [1.82, 2.24) is 25.3 Å². The van der Waals surface area contributed by atoms with Crippen molar-refractivity contribution in [2.24, 2.45) is 5.92 Å². The highest BCUT2D eigenvalue weighted by Gasteiger charge is 2.15. The summed E-state index contributed by atoms with van der Waals surface area (Å²) in [5, 5.41) is 6.92. The van der Waals surface area contributed by atoms with Crippen LogP contribution in [0.2, 0.25) is 0 Å². The highest BCUT2D eigenvalue weighted by Crippen LogP contribution is 2.16. The molecule has 2 aromatic rings. The average molecular weight is 357 g/mol. The minimum atomic E-state index is 0.0286. The molecule has 0 bridgehead atoms. The molecule has 3 rings (SSSR count). The van der Waals surface area contributed by atoms with Gasteiger partial charge in [-0.3, -0.25) is 9.78 Å². The van der Waals surface area contributed by atoms with Gasteiger partial charge in [-0.05, 0) is 56.9 Å². The van der Waals surface area contributed by atoms with Gasteiger partial charge in [-0.2, -0.15) is 4.98 Å². The van der Waals surface area contributed by atoms with E-state index < -0.39 is 0 Å². The molecule has 26 heavy (non-hydrogen) atoms. The first-order chi connectivity index (χ1) is 12.7. The zero-order valence-corrected chi connectivity index (χ0v) is 15.4. The van der Waals surface area contributed by atoms with Gasteiger partial charge in [0.15, 0.2) is 0 Å². The molecule has 0 saturated carbocycles. The molecule has 0 aliphatic carbocycles. The summed E-state index contributed by atoms with van der Waals surface area (Å²) in [6.45, 7) is 6.47. The van der Waals surface area contributed by atoms with Gasteiger partial charge < -0.3 is 14.7 Å². The van der Waals surface area contributed by atoms with Crippen LogP contribution in [0.1, 0.15) is 38.5 Å². The third kappa shape index (κ3) is 5.62. The standard InChI is InChI=1S/C19H27N5O2/c1-15-7-13-24(14-8-15)12-2-9-21-17(25)3-4-18-22-19(23-26-18)16-5-10-20-11-6-16/h5-6,10-11,15H,2-4,7-9,12-14H2,1H3,(H,21,25). The van der Waals surface area contributed by atoms with Crippen molar-refractivity contribution in [2.45, 2.75) is 39.0 Å². The number of likely N-dealkylation sites (tertiary alicyclic amines) is 1. The summed E-state index contributed by atoms with van der Waals surface area (Å²) in [5.74, 6) is 1.89. The summed E-state index contributed by atoms with van der Waals surface area (Å²) >= 11 is 0. The monoisotopic (exact) mass is 357 g/mol. The van der Waals surface area contributed by atoms with Gasteiger partial charge in [-0.15, -0.1) is 0 Å². The normalized spacial score (nSPS) is 15.9. The first-order valence-electron chi connectivity index (χ1n) is 9.43. The predicted molar refractivity (Wildman–Crippen MR) is 98.3 cm³/mol. The quantitative estimate of drug-likeness (QED) is 0.730. The molecule has 0 unspecified atom stereocenters. The van der Waals surface area contributed by atoms with Crippen LogP contribution in [-0.2, 0) is 11.2 Å². The van der Waals surface area contributed by atoms with Crippen molar-refractivity contribution in [3.05, 3.63) is 30.4 Å². The predicted octanol–water partition coefficient (Wildman–Crippen LogP) is 2.30. The van der Waals surface area contributed by atoms with Gasteiger partial charge in [0.2, 0.25) is 17.6 Å².